The van der Waals surface area contributed by atoms with Gasteiger partial charge in [-0.05, 0) is 30.9 Å². The van der Waals surface area contributed by atoms with Gasteiger partial charge in [0.15, 0.2) is 0 Å². The van der Waals surface area contributed by atoms with Crippen LogP contribution in [0.3, 0.4) is 0 Å². The summed E-state index contributed by atoms with van der Waals surface area (Å²) in [6, 6.07) is 8.07. The van der Waals surface area contributed by atoms with Gasteiger partial charge in [-0.25, -0.2) is 4.79 Å². The molecule has 5 nitrogen and oxygen atoms in total. The zero-order valence-electron chi connectivity index (χ0n) is 12.0. The molecule has 3 N–H and O–H groups in total. The highest BCUT2D eigenvalue weighted by molar-refractivity contribution is 5.83. The number of nitrogens with one attached hydrogen (secondary N) is 3. The summed E-state index contributed by atoms with van der Waals surface area (Å²) < 4.78 is 5.47. The Hall–Kier alpha value is -2.01. The van der Waals surface area contributed by atoms with E-state index in [0.717, 1.165) is 31.4 Å². The Morgan fingerprint density at radius 3 is 3.10 bits per heavy atom. The van der Waals surface area contributed by atoms with Gasteiger partial charge >= 0.3 is 6.03 Å². The van der Waals surface area contributed by atoms with Crippen molar-refractivity contribution >= 4 is 16.9 Å². The number of carbonyl (C=O) groups is 1. The fraction of sp³-hybridized carbons (Fsp3) is 0.438. The van der Waals surface area contributed by atoms with Crippen LogP contribution in [0.2, 0.25) is 0 Å². The number of carbonyl (C=O) groups excluding carboxylic acids is 1. The smallest absolute Gasteiger partial charge is 0.314 e. The van der Waals surface area contributed by atoms with Crippen LogP contribution in [0, 0.1) is 0 Å². The molecule has 2 aromatic rings. The minimum absolute atomic E-state index is 0.120. The number of para-hydroxylation sites is 1. The molecule has 1 unspecified atom stereocenters. The molecule has 0 aliphatic carbocycles. The minimum atomic E-state index is -0.120. The zero-order valence-corrected chi connectivity index (χ0v) is 12.0. The molecular weight excluding hydrogens is 266 g/mol. The van der Waals surface area contributed by atoms with Crippen LogP contribution in [-0.4, -0.2) is 36.8 Å². The van der Waals surface area contributed by atoms with Crippen molar-refractivity contribution in [1.82, 2.24) is 15.6 Å². The molecule has 1 aromatic carbocycles. The topological polar surface area (TPSA) is 66.2 Å². The molecular formula is C16H21N3O2. The second kappa shape index (κ2) is 6.63. The molecule has 1 fully saturated rings. The lowest BCUT2D eigenvalue weighted by molar-refractivity contribution is 0.111. The van der Waals surface area contributed by atoms with E-state index in [0.29, 0.717) is 13.1 Å². The van der Waals surface area contributed by atoms with E-state index in [-0.39, 0.29) is 12.1 Å². The van der Waals surface area contributed by atoms with E-state index in [1.807, 2.05) is 18.3 Å². The van der Waals surface area contributed by atoms with Gasteiger partial charge in [0.2, 0.25) is 0 Å². The van der Waals surface area contributed by atoms with Crippen LogP contribution in [0.15, 0.2) is 30.5 Å². The van der Waals surface area contributed by atoms with Gasteiger partial charge in [0.05, 0.1) is 6.10 Å². The van der Waals surface area contributed by atoms with E-state index >= 15 is 0 Å². The normalized spacial score (nSPS) is 18.0. The van der Waals surface area contributed by atoms with E-state index in [1.165, 1.54) is 10.9 Å². The standard InChI is InChI=1S/C16H21N3O2/c20-16(19-11-13-4-3-9-21-13)17-8-7-12-10-18-15-6-2-1-5-14(12)15/h1-2,5-6,10,13,18H,3-4,7-9,11H2,(H2,17,19,20). The van der Waals surface area contributed by atoms with Crippen molar-refractivity contribution < 1.29 is 9.53 Å². The molecule has 0 saturated carbocycles. The fourth-order valence-corrected chi connectivity index (χ4v) is 2.72. The first-order valence-corrected chi connectivity index (χ1v) is 7.51. The first-order chi connectivity index (χ1) is 10.3. The maximum Gasteiger partial charge on any atom is 0.314 e. The summed E-state index contributed by atoms with van der Waals surface area (Å²) >= 11 is 0. The van der Waals surface area contributed by atoms with Crippen molar-refractivity contribution in [1.29, 1.82) is 0 Å². The summed E-state index contributed by atoms with van der Waals surface area (Å²) in [5.74, 6) is 0. The summed E-state index contributed by atoms with van der Waals surface area (Å²) in [7, 11) is 0. The van der Waals surface area contributed by atoms with Crippen molar-refractivity contribution in [2.45, 2.75) is 25.4 Å². The van der Waals surface area contributed by atoms with E-state index in [4.69, 9.17) is 4.74 Å². The number of fused-ring (bicyclic) bond motifs is 1. The molecule has 5 heteroatoms. The van der Waals surface area contributed by atoms with Gasteiger partial charge in [-0.15, -0.1) is 0 Å². The van der Waals surface area contributed by atoms with Crippen LogP contribution >= 0.6 is 0 Å². The third kappa shape index (κ3) is 3.55. The van der Waals surface area contributed by atoms with Crippen LogP contribution in [0.4, 0.5) is 4.79 Å². The van der Waals surface area contributed by atoms with E-state index < -0.39 is 0 Å². The van der Waals surface area contributed by atoms with Crippen molar-refractivity contribution in [3.63, 3.8) is 0 Å². The number of urea groups is 1. The number of aromatic nitrogens is 1. The lowest BCUT2D eigenvalue weighted by Crippen LogP contribution is -2.40. The maximum atomic E-state index is 11.7. The molecule has 112 valence electrons. The summed E-state index contributed by atoms with van der Waals surface area (Å²) in [6.07, 6.45) is 5.14. The largest absolute Gasteiger partial charge is 0.376 e. The monoisotopic (exact) mass is 287 g/mol. The first-order valence-electron chi connectivity index (χ1n) is 7.51. The molecule has 2 heterocycles. The average molecular weight is 287 g/mol. The highest BCUT2D eigenvalue weighted by Gasteiger charge is 2.15. The van der Waals surface area contributed by atoms with Crippen molar-refractivity contribution in [2.75, 3.05) is 19.7 Å². The molecule has 0 radical (unpaired) electrons. The van der Waals surface area contributed by atoms with Crippen molar-refractivity contribution in [3.8, 4) is 0 Å². The number of hydrogen-bond acceptors (Lipinski definition) is 2. The SMILES string of the molecule is O=C(NCCc1c[nH]c2ccccc12)NCC1CCCO1. The molecule has 1 atom stereocenters. The van der Waals surface area contributed by atoms with Gasteiger partial charge in [0.1, 0.15) is 0 Å². The van der Waals surface area contributed by atoms with Crippen LogP contribution in [0.5, 0.6) is 0 Å². The zero-order chi connectivity index (χ0) is 14.5. The second-order valence-corrected chi connectivity index (χ2v) is 5.38. The summed E-state index contributed by atoms with van der Waals surface area (Å²) in [5.41, 5.74) is 2.36. The maximum absolute atomic E-state index is 11.7. The lowest BCUT2D eigenvalue weighted by Gasteiger charge is -2.11. The van der Waals surface area contributed by atoms with Crippen LogP contribution in [0.1, 0.15) is 18.4 Å². The Bertz CT molecular complexity index is 602. The van der Waals surface area contributed by atoms with Gasteiger partial charge in [0.25, 0.3) is 0 Å². The predicted molar refractivity (Wildman–Crippen MR) is 82.4 cm³/mol. The molecule has 2 amide bonds. The fourth-order valence-electron chi connectivity index (χ4n) is 2.72. The molecule has 3 rings (SSSR count). The van der Waals surface area contributed by atoms with Gasteiger partial charge in [-0.3, -0.25) is 0 Å². The molecule has 1 aliphatic heterocycles. The van der Waals surface area contributed by atoms with Crippen LogP contribution in [0.25, 0.3) is 10.9 Å². The van der Waals surface area contributed by atoms with Crippen LogP contribution < -0.4 is 10.6 Å². The average Bonchev–Trinajstić information content (AvgIpc) is 3.15. The Balaban J connectivity index is 1.42. The number of hydrogen-bond donors (Lipinski definition) is 3. The van der Waals surface area contributed by atoms with Gasteiger partial charge < -0.3 is 20.4 Å². The minimum Gasteiger partial charge on any atom is -0.376 e. The molecule has 0 spiro atoms. The number of benzene rings is 1. The molecule has 0 bridgehead atoms. The Labute approximate surface area is 124 Å². The molecule has 1 aliphatic rings. The van der Waals surface area contributed by atoms with Gasteiger partial charge in [-0.1, -0.05) is 18.2 Å². The third-order valence-electron chi connectivity index (χ3n) is 3.87. The molecule has 1 saturated heterocycles. The third-order valence-corrected chi connectivity index (χ3v) is 3.87. The highest BCUT2D eigenvalue weighted by atomic mass is 16.5. The summed E-state index contributed by atoms with van der Waals surface area (Å²) in [4.78, 5) is 14.9. The molecule has 21 heavy (non-hydrogen) atoms. The van der Waals surface area contributed by atoms with Gasteiger partial charge in [-0.2, -0.15) is 0 Å². The Morgan fingerprint density at radius 2 is 2.24 bits per heavy atom. The summed E-state index contributed by atoms with van der Waals surface area (Å²) in [5, 5.41) is 6.97. The van der Waals surface area contributed by atoms with Gasteiger partial charge in [0, 0.05) is 36.8 Å². The van der Waals surface area contributed by atoms with Crippen molar-refractivity contribution in [2.24, 2.45) is 0 Å². The number of aromatic amines is 1. The number of H-pyrrole nitrogens is 1. The number of rotatable bonds is 5. The quantitative estimate of drug-likeness (QED) is 0.789. The van der Waals surface area contributed by atoms with Crippen molar-refractivity contribution in [3.05, 3.63) is 36.0 Å². The number of amides is 2. The highest BCUT2D eigenvalue weighted by Crippen LogP contribution is 2.17. The van der Waals surface area contributed by atoms with E-state index in [2.05, 4.69) is 27.8 Å². The summed E-state index contributed by atoms with van der Waals surface area (Å²) in [6.45, 7) is 2.03. The second-order valence-electron chi connectivity index (χ2n) is 5.38. The first kappa shape index (κ1) is 13.9. The number of ether oxygens (including phenoxy) is 1. The van der Waals surface area contributed by atoms with E-state index in [9.17, 15) is 4.79 Å². The Kier molecular flexibility index (Phi) is 4.40. The predicted octanol–water partition coefficient (Wildman–Crippen LogP) is 2.19. The van der Waals surface area contributed by atoms with E-state index in [1.54, 1.807) is 0 Å². The Morgan fingerprint density at radius 1 is 1.33 bits per heavy atom. The molecule has 1 aromatic heterocycles. The van der Waals surface area contributed by atoms with Crippen LogP contribution in [-0.2, 0) is 11.2 Å². The lowest BCUT2D eigenvalue weighted by atomic mass is 10.1.